The van der Waals surface area contributed by atoms with E-state index in [1.165, 1.54) is 11.3 Å². The van der Waals surface area contributed by atoms with Crippen molar-refractivity contribution in [3.8, 4) is 0 Å². The summed E-state index contributed by atoms with van der Waals surface area (Å²) < 4.78 is 5.55. The highest BCUT2D eigenvalue weighted by molar-refractivity contribution is 5.92. The van der Waals surface area contributed by atoms with E-state index in [9.17, 15) is 4.79 Å². The normalized spacial score (nSPS) is 15.2. The lowest BCUT2D eigenvalue weighted by molar-refractivity contribution is 0.0713. The Balaban J connectivity index is 1.65. The van der Waals surface area contributed by atoms with Crippen LogP contribution in [0.4, 0.5) is 5.69 Å². The average Bonchev–Trinajstić information content (AvgIpc) is 2.86. The van der Waals surface area contributed by atoms with Gasteiger partial charge in [0.05, 0.1) is 0 Å². The molecule has 0 saturated carbocycles. The smallest absolute Gasteiger partial charge is 0.289 e. The zero-order valence-corrected chi connectivity index (χ0v) is 13.4. The number of amides is 1. The molecule has 22 heavy (non-hydrogen) atoms. The van der Waals surface area contributed by atoms with Crippen molar-refractivity contribution >= 4 is 11.6 Å². The van der Waals surface area contributed by atoms with E-state index < -0.39 is 0 Å². The zero-order valence-electron chi connectivity index (χ0n) is 13.4. The summed E-state index contributed by atoms with van der Waals surface area (Å²) in [5.74, 6) is 1.28. The van der Waals surface area contributed by atoms with Crippen molar-refractivity contribution in [2.24, 2.45) is 0 Å². The molecule has 0 radical (unpaired) electrons. The Kier molecular flexibility index (Phi) is 3.92. The summed E-state index contributed by atoms with van der Waals surface area (Å²) >= 11 is 0. The fourth-order valence-corrected chi connectivity index (χ4v) is 2.83. The highest BCUT2D eigenvalue weighted by Gasteiger charge is 2.24. The van der Waals surface area contributed by atoms with Crippen molar-refractivity contribution in [3.05, 3.63) is 53.0 Å². The van der Waals surface area contributed by atoms with Gasteiger partial charge in [-0.15, -0.1) is 0 Å². The van der Waals surface area contributed by atoms with Crippen LogP contribution in [0.1, 0.15) is 27.4 Å². The Morgan fingerprint density at radius 3 is 2.36 bits per heavy atom. The molecular formula is C18H22N2O2. The summed E-state index contributed by atoms with van der Waals surface area (Å²) in [5, 5.41) is 0. The van der Waals surface area contributed by atoms with Crippen LogP contribution in [0.2, 0.25) is 0 Å². The van der Waals surface area contributed by atoms with E-state index in [0.29, 0.717) is 5.76 Å². The van der Waals surface area contributed by atoms with Gasteiger partial charge in [-0.05, 0) is 50.1 Å². The molecule has 0 N–H and O–H groups in total. The van der Waals surface area contributed by atoms with Gasteiger partial charge in [0.1, 0.15) is 5.76 Å². The molecule has 1 aliphatic rings. The Labute approximate surface area is 131 Å². The van der Waals surface area contributed by atoms with Gasteiger partial charge in [-0.25, -0.2) is 0 Å². The summed E-state index contributed by atoms with van der Waals surface area (Å²) in [4.78, 5) is 16.7. The molecule has 1 fully saturated rings. The number of hydrogen-bond acceptors (Lipinski definition) is 3. The third-order valence-corrected chi connectivity index (χ3v) is 4.31. The number of furan rings is 1. The van der Waals surface area contributed by atoms with Crippen molar-refractivity contribution in [3.63, 3.8) is 0 Å². The van der Waals surface area contributed by atoms with Crippen molar-refractivity contribution in [1.29, 1.82) is 0 Å². The molecule has 0 spiro atoms. The van der Waals surface area contributed by atoms with E-state index in [1.807, 2.05) is 24.8 Å². The number of carbonyl (C=O) groups is 1. The average molecular weight is 298 g/mol. The molecule has 1 aromatic carbocycles. The van der Waals surface area contributed by atoms with Gasteiger partial charge < -0.3 is 14.2 Å². The van der Waals surface area contributed by atoms with Crippen molar-refractivity contribution in [2.75, 3.05) is 31.1 Å². The lowest BCUT2D eigenvalue weighted by Gasteiger charge is -2.35. The Bertz CT molecular complexity index is 663. The summed E-state index contributed by atoms with van der Waals surface area (Å²) in [5.41, 5.74) is 3.52. The fourth-order valence-electron chi connectivity index (χ4n) is 2.83. The molecule has 0 aliphatic carbocycles. The van der Waals surface area contributed by atoms with Gasteiger partial charge in [-0.2, -0.15) is 0 Å². The minimum Gasteiger partial charge on any atom is -0.456 e. The van der Waals surface area contributed by atoms with Crippen molar-refractivity contribution < 1.29 is 9.21 Å². The van der Waals surface area contributed by atoms with Crippen LogP contribution in [-0.2, 0) is 0 Å². The first kappa shape index (κ1) is 14.7. The van der Waals surface area contributed by atoms with Crippen LogP contribution in [0.15, 0.2) is 34.7 Å². The largest absolute Gasteiger partial charge is 0.456 e. The number of benzene rings is 1. The molecule has 2 aromatic rings. The Morgan fingerprint density at radius 1 is 1.05 bits per heavy atom. The van der Waals surface area contributed by atoms with Crippen molar-refractivity contribution in [2.45, 2.75) is 20.8 Å². The number of hydrogen-bond donors (Lipinski definition) is 0. The number of aryl methyl sites for hydroxylation is 3. The van der Waals surface area contributed by atoms with Crippen LogP contribution in [0, 0.1) is 20.8 Å². The minimum absolute atomic E-state index is 0.0000854. The maximum atomic E-state index is 12.5. The number of nitrogens with zero attached hydrogens (tertiary/aromatic N) is 2. The first-order valence-corrected chi connectivity index (χ1v) is 7.72. The molecule has 2 heterocycles. The summed E-state index contributed by atoms with van der Waals surface area (Å²) in [7, 11) is 0. The fraction of sp³-hybridized carbons (Fsp3) is 0.389. The lowest BCUT2D eigenvalue weighted by Crippen LogP contribution is -2.48. The molecule has 116 valence electrons. The summed E-state index contributed by atoms with van der Waals surface area (Å²) in [6.45, 7) is 9.12. The zero-order chi connectivity index (χ0) is 15.7. The third kappa shape index (κ3) is 2.86. The van der Waals surface area contributed by atoms with Crippen LogP contribution in [0.3, 0.4) is 0 Å². The topological polar surface area (TPSA) is 36.7 Å². The number of carbonyl (C=O) groups excluding carboxylic acids is 1. The van der Waals surface area contributed by atoms with E-state index in [2.05, 4.69) is 36.1 Å². The molecule has 1 saturated heterocycles. The molecule has 1 amide bonds. The van der Waals surface area contributed by atoms with Crippen LogP contribution in [0.25, 0.3) is 0 Å². The molecule has 4 heteroatoms. The number of anilines is 1. The van der Waals surface area contributed by atoms with Crippen LogP contribution in [0.5, 0.6) is 0 Å². The maximum Gasteiger partial charge on any atom is 0.289 e. The predicted octanol–water partition coefficient (Wildman–Crippen LogP) is 3.17. The molecule has 1 aromatic heterocycles. The molecule has 4 nitrogen and oxygen atoms in total. The molecule has 1 aliphatic heterocycles. The predicted molar refractivity (Wildman–Crippen MR) is 87.5 cm³/mol. The number of piperazine rings is 1. The lowest BCUT2D eigenvalue weighted by atomic mass is 10.2. The SMILES string of the molecule is Cc1cccc(N2CCN(C(=O)c3cc(C)c(C)o3)CC2)c1. The molecule has 0 unspecified atom stereocenters. The van der Waals surface area contributed by atoms with Gasteiger partial charge in [-0.3, -0.25) is 4.79 Å². The van der Waals surface area contributed by atoms with Gasteiger partial charge in [0.15, 0.2) is 5.76 Å². The standard InChI is InChI=1S/C18H22N2O2/c1-13-5-4-6-16(11-13)19-7-9-20(10-8-19)18(21)17-12-14(2)15(3)22-17/h4-6,11-12H,7-10H2,1-3H3. The van der Waals surface area contributed by atoms with Crippen LogP contribution >= 0.6 is 0 Å². The first-order chi connectivity index (χ1) is 10.5. The van der Waals surface area contributed by atoms with Gasteiger partial charge in [-0.1, -0.05) is 12.1 Å². The van der Waals surface area contributed by atoms with E-state index in [1.54, 1.807) is 0 Å². The van der Waals surface area contributed by atoms with Crippen molar-refractivity contribution in [1.82, 2.24) is 4.90 Å². The maximum absolute atomic E-state index is 12.5. The van der Waals surface area contributed by atoms with E-state index >= 15 is 0 Å². The molecule has 0 atom stereocenters. The second-order valence-corrected chi connectivity index (χ2v) is 5.97. The van der Waals surface area contributed by atoms with Crippen LogP contribution < -0.4 is 4.90 Å². The second-order valence-electron chi connectivity index (χ2n) is 5.97. The van der Waals surface area contributed by atoms with E-state index in [0.717, 1.165) is 37.5 Å². The number of rotatable bonds is 2. The van der Waals surface area contributed by atoms with Gasteiger partial charge in [0, 0.05) is 31.9 Å². The van der Waals surface area contributed by atoms with Gasteiger partial charge >= 0.3 is 0 Å². The third-order valence-electron chi connectivity index (χ3n) is 4.31. The molecule has 0 bridgehead atoms. The summed E-state index contributed by atoms with van der Waals surface area (Å²) in [6, 6.07) is 10.3. The highest BCUT2D eigenvalue weighted by Crippen LogP contribution is 2.20. The summed E-state index contributed by atoms with van der Waals surface area (Å²) in [6.07, 6.45) is 0. The van der Waals surface area contributed by atoms with Gasteiger partial charge in [0.2, 0.25) is 0 Å². The molecular weight excluding hydrogens is 276 g/mol. The monoisotopic (exact) mass is 298 g/mol. The quantitative estimate of drug-likeness (QED) is 0.854. The second kappa shape index (κ2) is 5.87. The van der Waals surface area contributed by atoms with E-state index in [4.69, 9.17) is 4.42 Å². The van der Waals surface area contributed by atoms with E-state index in [-0.39, 0.29) is 5.91 Å². The Hall–Kier alpha value is -2.23. The highest BCUT2D eigenvalue weighted by atomic mass is 16.4. The minimum atomic E-state index is 0.0000854. The van der Waals surface area contributed by atoms with Crippen LogP contribution in [-0.4, -0.2) is 37.0 Å². The molecule has 3 rings (SSSR count). The Morgan fingerprint density at radius 2 is 1.77 bits per heavy atom. The first-order valence-electron chi connectivity index (χ1n) is 7.72. The van der Waals surface area contributed by atoms with Gasteiger partial charge in [0.25, 0.3) is 5.91 Å².